The second kappa shape index (κ2) is 10.9. The van der Waals surface area contributed by atoms with E-state index < -0.39 is 11.8 Å². The molecule has 0 saturated heterocycles. The van der Waals surface area contributed by atoms with Gasteiger partial charge in [0.1, 0.15) is 11.5 Å². The lowest BCUT2D eigenvalue weighted by molar-refractivity contribution is -0.123. The number of ether oxygens (including phenoxy) is 2. The van der Waals surface area contributed by atoms with Crippen LogP contribution in [0.4, 0.5) is 0 Å². The van der Waals surface area contributed by atoms with Gasteiger partial charge >= 0.3 is 0 Å². The predicted molar refractivity (Wildman–Crippen MR) is 116 cm³/mol. The molecule has 0 aromatic heterocycles. The molecule has 0 aliphatic carbocycles. The molecule has 2 amide bonds. The van der Waals surface area contributed by atoms with E-state index in [1.165, 1.54) is 0 Å². The Morgan fingerprint density at radius 2 is 1.72 bits per heavy atom. The number of amides is 2. The highest BCUT2D eigenvalue weighted by molar-refractivity contribution is 9.10. The summed E-state index contributed by atoms with van der Waals surface area (Å²) in [6.07, 6.45) is 0.949. The number of aryl methyl sites for hydroxylation is 2. The molecule has 0 unspecified atom stereocenters. The van der Waals surface area contributed by atoms with Crippen molar-refractivity contribution in [3.63, 3.8) is 0 Å². The van der Waals surface area contributed by atoms with E-state index in [1.807, 2.05) is 32.0 Å². The van der Waals surface area contributed by atoms with Gasteiger partial charge in [-0.05, 0) is 71.4 Å². The number of carbonyl (C=O) groups excluding carboxylic acids is 2. The minimum atomic E-state index is -0.450. The number of nitrogens with one attached hydrogen (secondary N) is 2. The van der Waals surface area contributed by atoms with Crippen molar-refractivity contribution in [3.05, 3.63) is 57.6 Å². The summed E-state index contributed by atoms with van der Waals surface area (Å²) in [6, 6.07) is 10.8. The van der Waals surface area contributed by atoms with E-state index in [1.54, 1.807) is 18.2 Å². The van der Waals surface area contributed by atoms with E-state index in [-0.39, 0.29) is 6.61 Å². The van der Waals surface area contributed by atoms with Crippen LogP contribution in [0, 0.1) is 19.8 Å². The molecule has 0 bridgehead atoms. The van der Waals surface area contributed by atoms with E-state index in [0.29, 0.717) is 34.1 Å². The molecular formula is C22H27BrN2O4. The quantitative estimate of drug-likeness (QED) is 0.572. The first-order valence-corrected chi connectivity index (χ1v) is 10.3. The van der Waals surface area contributed by atoms with Crippen molar-refractivity contribution >= 4 is 27.7 Å². The fourth-order valence-corrected chi connectivity index (χ4v) is 3.06. The summed E-state index contributed by atoms with van der Waals surface area (Å²) in [5.41, 5.74) is 7.04. The molecule has 0 aliphatic heterocycles. The minimum Gasteiger partial charge on any atom is -0.492 e. The summed E-state index contributed by atoms with van der Waals surface area (Å²) < 4.78 is 12.0. The summed E-state index contributed by atoms with van der Waals surface area (Å²) in [7, 11) is 0. The molecule has 2 rings (SSSR count). The average molecular weight is 463 g/mol. The Bertz CT molecular complexity index is 848. The second-order valence-corrected chi connectivity index (χ2v) is 8.04. The van der Waals surface area contributed by atoms with Crippen molar-refractivity contribution in [2.75, 3.05) is 13.2 Å². The van der Waals surface area contributed by atoms with Gasteiger partial charge < -0.3 is 9.47 Å². The van der Waals surface area contributed by atoms with E-state index in [9.17, 15) is 9.59 Å². The summed E-state index contributed by atoms with van der Waals surface area (Å²) in [5.74, 6) is 1.02. The molecule has 0 aliphatic rings. The molecule has 29 heavy (non-hydrogen) atoms. The van der Waals surface area contributed by atoms with Gasteiger partial charge in [-0.15, -0.1) is 0 Å². The molecule has 0 spiro atoms. The number of para-hydroxylation sites is 1. The number of rotatable bonds is 8. The zero-order valence-electron chi connectivity index (χ0n) is 17.2. The van der Waals surface area contributed by atoms with Crippen LogP contribution >= 0.6 is 15.9 Å². The van der Waals surface area contributed by atoms with Crippen LogP contribution in [0.3, 0.4) is 0 Å². The Kier molecular flexibility index (Phi) is 8.51. The van der Waals surface area contributed by atoms with Crippen molar-refractivity contribution in [1.82, 2.24) is 10.9 Å². The lowest BCUT2D eigenvalue weighted by Gasteiger charge is -2.13. The molecule has 0 atom stereocenters. The molecular weight excluding hydrogens is 436 g/mol. The number of hydrogen-bond donors (Lipinski definition) is 2. The van der Waals surface area contributed by atoms with Crippen LogP contribution in [-0.4, -0.2) is 25.0 Å². The van der Waals surface area contributed by atoms with Gasteiger partial charge in [0.2, 0.25) is 0 Å². The van der Waals surface area contributed by atoms with Crippen LogP contribution in [0.1, 0.15) is 41.8 Å². The van der Waals surface area contributed by atoms with Gasteiger partial charge in [0.25, 0.3) is 11.8 Å². The van der Waals surface area contributed by atoms with Crippen LogP contribution in [0.2, 0.25) is 0 Å². The molecule has 2 N–H and O–H groups in total. The molecule has 0 heterocycles. The Balaban J connectivity index is 1.83. The van der Waals surface area contributed by atoms with Crippen LogP contribution < -0.4 is 20.3 Å². The van der Waals surface area contributed by atoms with Crippen molar-refractivity contribution in [1.29, 1.82) is 0 Å². The smallest absolute Gasteiger partial charge is 0.276 e. The number of hydrogen-bond acceptors (Lipinski definition) is 4. The van der Waals surface area contributed by atoms with Gasteiger partial charge in [0.05, 0.1) is 11.1 Å². The molecule has 0 saturated carbocycles. The monoisotopic (exact) mass is 462 g/mol. The maximum Gasteiger partial charge on any atom is 0.276 e. The van der Waals surface area contributed by atoms with Crippen LogP contribution in [0.5, 0.6) is 11.5 Å². The molecule has 156 valence electrons. The summed E-state index contributed by atoms with van der Waals surface area (Å²) >= 11 is 3.41. The van der Waals surface area contributed by atoms with Crippen molar-refractivity contribution in [2.24, 2.45) is 5.92 Å². The lowest BCUT2D eigenvalue weighted by atomic mass is 10.1. The van der Waals surface area contributed by atoms with E-state index in [0.717, 1.165) is 17.5 Å². The zero-order valence-corrected chi connectivity index (χ0v) is 18.8. The Hall–Kier alpha value is -2.54. The molecule has 2 aromatic carbocycles. The van der Waals surface area contributed by atoms with E-state index in [4.69, 9.17) is 9.47 Å². The molecule has 6 nitrogen and oxygen atoms in total. The van der Waals surface area contributed by atoms with Crippen molar-refractivity contribution in [2.45, 2.75) is 34.1 Å². The molecule has 0 radical (unpaired) electrons. The van der Waals surface area contributed by atoms with Gasteiger partial charge in [-0.25, -0.2) is 0 Å². The maximum absolute atomic E-state index is 12.3. The third kappa shape index (κ3) is 7.09. The van der Waals surface area contributed by atoms with Gasteiger partial charge in [0.15, 0.2) is 6.61 Å². The fraction of sp³-hybridized carbons (Fsp3) is 0.364. The maximum atomic E-state index is 12.3. The first-order chi connectivity index (χ1) is 13.8. The Morgan fingerprint density at radius 1 is 1.03 bits per heavy atom. The standard InChI is InChI=1S/C22H27BrN2O4/c1-14(2)10-11-28-19-9-8-17(12-18(19)23)22(27)25-24-20(26)13-29-21-15(3)6-5-7-16(21)4/h5-9,12,14H,10-11,13H2,1-4H3,(H,24,26)(H,25,27). The molecule has 7 heteroatoms. The highest BCUT2D eigenvalue weighted by atomic mass is 79.9. The van der Waals surface area contributed by atoms with Crippen LogP contribution in [-0.2, 0) is 4.79 Å². The lowest BCUT2D eigenvalue weighted by Crippen LogP contribution is -2.43. The third-order valence-corrected chi connectivity index (χ3v) is 4.84. The number of benzene rings is 2. The predicted octanol–water partition coefficient (Wildman–Crippen LogP) is 4.33. The first-order valence-electron chi connectivity index (χ1n) is 9.48. The van der Waals surface area contributed by atoms with Gasteiger partial charge in [-0.1, -0.05) is 32.0 Å². The minimum absolute atomic E-state index is 0.196. The number of carbonyl (C=O) groups is 2. The second-order valence-electron chi connectivity index (χ2n) is 7.19. The SMILES string of the molecule is Cc1cccc(C)c1OCC(=O)NNC(=O)c1ccc(OCCC(C)C)c(Br)c1. The summed E-state index contributed by atoms with van der Waals surface area (Å²) in [5, 5.41) is 0. The Morgan fingerprint density at radius 3 is 2.34 bits per heavy atom. The normalized spacial score (nSPS) is 10.6. The molecule has 0 fully saturated rings. The highest BCUT2D eigenvalue weighted by Crippen LogP contribution is 2.26. The number of hydrazine groups is 1. The van der Waals surface area contributed by atoms with Crippen molar-refractivity contribution in [3.8, 4) is 11.5 Å². The molecule has 2 aromatic rings. The highest BCUT2D eigenvalue weighted by Gasteiger charge is 2.12. The number of halogens is 1. The third-order valence-electron chi connectivity index (χ3n) is 4.22. The van der Waals surface area contributed by atoms with Gasteiger partial charge in [-0.2, -0.15) is 0 Å². The van der Waals surface area contributed by atoms with Crippen LogP contribution in [0.15, 0.2) is 40.9 Å². The van der Waals surface area contributed by atoms with Gasteiger partial charge in [-0.3, -0.25) is 20.4 Å². The zero-order chi connectivity index (χ0) is 21.4. The summed E-state index contributed by atoms with van der Waals surface area (Å²) in [4.78, 5) is 24.3. The first kappa shape index (κ1) is 22.7. The topological polar surface area (TPSA) is 76.7 Å². The average Bonchev–Trinajstić information content (AvgIpc) is 2.66. The largest absolute Gasteiger partial charge is 0.492 e. The van der Waals surface area contributed by atoms with Gasteiger partial charge in [0, 0.05) is 5.56 Å². The Labute approximate surface area is 180 Å². The van der Waals surface area contributed by atoms with Crippen LogP contribution in [0.25, 0.3) is 0 Å². The summed E-state index contributed by atoms with van der Waals surface area (Å²) in [6.45, 7) is 8.50. The fourth-order valence-electron chi connectivity index (χ4n) is 2.56. The van der Waals surface area contributed by atoms with E-state index >= 15 is 0 Å². The van der Waals surface area contributed by atoms with Crippen molar-refractivity contribution < 1.29 is 19.1 Å². The van der Waals surface area contributed by atoms with E-state index in [2.05, 4.69) is 40.6 Å².